The average molecular weight is 535 g/mol. The molecule has 4 aromatic carbocycles. The first-order chi connectivity index (χ1) is 19.6. The minimum absolute atomic E-state index is 0.146. The highest BCUT2D eigenvalue weighted by molar-refractivity contribution is 6.06. The molecular formula is C36H38O4. The van der Waals surface area contributed by atoms with E-state index in [-0.39, 0.29) is 11.6 Å². The number of hydrogen-bond donors (Lipinski definition) is 0. The summed E-state index contributed by atoms with van der Waals surface area (Å²) in [5.41, 5.74) is 1.60. The summed E-state index contributed by atoms with van der Waals surface area (Å²) in [6, 6.07) is 35.6. The molecule has 2 atom stereocenters. The number of hydrogen-bond acceptors (Lipinski definition) is 4. The number of unbranched alkanes of at least 4 members (excludes halogenated alkanes) is 2. The Morgan fingerprint density at radius 3 is 1.80 bits per heavy atom. The van der Waals surface area contributed by atoms with Crippen molar-refractivity contribution in [2.45, 2.75) is 51.2 Å². The molecule has 0 aliphatic rings. The number of benzene rings is 4. The van der Waals surface area contributed by atoms with E-state index in [0.717, 1.165) is 25.7 Å². The molecule has 4 rings (SSSR count). The summed E-state index contributed by atoms with van der Waals surface area (Å²) in [4.78, 5) is 28.7. The van der Waals surface area contributed by atoms with E-state index in [9.17, 15) is 9.59 Å². The predicted octanol–water partition coefficient (Wildman–Crippen LogP) is 8.37. The third kappa shape index (κ3) is 6.47. The second-order valence-electron chi connectivity index (χ2n) is 9.87. The molecule has 4 heteroatoms. The number of ketones is 2. The zero-order valence-electron chi connectivity index (χ0n) is 23.4. The van der Waals surface area contributed by atoms with Crippen molar-refractivity contribution in [2.24, 2.45) is 0 Å². The van der Waals surface area contributed by atoms with Crippen LogP contribution in [0.5, 0.6) is 0 Å². The quantitative estimate of drug-likeness (QED) is 0.114. The minimum atomic E-state index is -1.47. The SMILES string of the molecule is CCCCOC(C(=O)c1ccccc1)c1ccccc1C(OCCCC)(C(=O)c1ccccc1)c1ccccc1. The molecule has 0 saturated heterocycles. The lowest BCUT2D eigenvalue weighted by Crippen LogP contribution is -2.42. The first-order valence-electron chi connectivity index (χ1n) is 14.2. The molecule has 40 heavy (non-hydrogen) atoms. The highest BCUT2D eigenvalue weighted by atomic mass is 16.5. The Balaban J connectivity index is 1.97. The van der Waals surface area contributed by atoms with Crippen molar-refractivity contribution in [3.8, 4) is 0 Å². The Hall–Kier alpha value is -3.86. The Kier molecular flexibility index (Phi) is 10.6. The van der Waals surface area contributed by atoms with E-state index in [4.69, 9.17) is 9.47 Å². The first kappa shape index (κ1) is 29.1. The highest BCUT2D eigenvalue weighted by Crippen LogP contribution is 2.42. The average Bonchev–Trinajstić information content (AvgIpc) is 3.02. The molecule has 0 bridgehead atoms. The van der Waals surface area contributed by atoms with Gasteiger partial charge in [0, 0.05) is 29.9 Å². The molecule has 4 aromatic rings. The van der Waals surface area contributed by atoms with Crippen molar-refractivity contribution < 1.29 is 19.1 Å². The summed E-state index contributed by atoms with van der Waals surface area (Å²) < 4.78 is 13.1. The van der Waals surface area contributed by atoms with Gasteiger partial charge in [0.05, 0.1) is 0 Å². The lowest BCUT2D eigenvalue weighted by molar-refractivity contribution is -0.00925. The van der Waals surface area contributed by atoms with Crippen molar-refractivity contribution in [3.63, 3.8) is 0 Å². The topological polar surface area (TPSA) is 52.6 Å². The maximum absolute atomic E-state index is 14.7. The van der Waals surface area contributed by atoms with Gasteiger partial charge in [-0.3, -0.25) is 9.59 Å². The largest absolute Gasteiger partial charge is 0.365 e. The van der Waals surface area contributed by atoms with Gasteiger partial charge in [0.25, 0.3) is 0 Å². The second kappa shape index (κ2) is 14.5. The monoisotopic (exact) mass is 534 g/mol. The van der Waals surface area contributed by atoms with Crippen LogP contribution in [0.4, 0.5) is 0 Å². The van der Waals surface area contributed by atoms with Crippen molar-refractivity contribution >= 4 is 11.6 Å². The fourth-order valence-electron chi connectivity index (χ4n) is 4.92. The van der Waals surface area contributed by atoms with Gasteiger partial charge in [0.15, 0.2) is 11.4 Å². The van der Waals surface area contributed by atoms with Gasteiger partial charge in [-0.25, -0.2) is 0 Å². The third-order valence-corrected chi connectivity index (χ3v) is 7.05. The lowest BCUT2D eigenvalue weighted by atomic mass is 9.76. The van der Waals surface area contributed by atoms with Gasteiger partial charge >= 0.3 is 0 Å². The molecule has 0 radical (unpaired) electrons. The minimum Gasteiger partial charge on any atom is -0.365 e. The van der Waals surface area contributed by atoms with Gasteiger partial charge in [-0.1, -0.05) is 142 Å². The summed E-state index contributed by atoms with van der Waals surface area (Å²) >= 11 is 0. The van der Waals surface area contributed by atoms with Gasteiger partial charge in [0.1, 0.15) is 6.10 Å². The molecule has 0 aliphatic heterocycles. The van der Waals surface area contributed by atoms with E-state index in [1.165, 1.54) is 0 Å². The summed E-state index contributed by atoms with van der Waals surface area (Å²) in [7, 11) is 0. The van der Waals surface area contributed by atoms with Gasteiger partial charge in [-0.05, 0) is 24.0 Å². The van der Waals surface area contributed by atoms with Gasteiger partial charge in [0.2, 0.25) is 5.78 Å². The van der Waals surface area contributed by atoms with Gasteiger partial charge in [-0.2, -0.15) is 0 Å². The maximum atomic E-state index is 14.7. The van der Waals surface area contributed by atoms with Crippen LogP contribution >= 0.6 is 0 Å². The Morgan fingerprint density at radius 2 is 1.18 bits per heavy atom. The molecule has 0 fully saturated rings. The maximum Gasteiger partial charge on any atom is 0.203 e. The fraction of sp³-hybridized carbons (Fsp3) is 0.278. The van der Waals surface area contributed by atoms with Crippen LogP contribution in [0, 0.1) is 0 Å². The van der Waals surface area contributed by atoms with Crippen molar-refractivity contribution in [1.29, 1.82) is 0 Å². The van der Waals surface area contributed by atoms with Crippen LogP contribution in [-0.4, -0.2) is 24.8 Å². The normalized spacial score (nSPS) is 13.3. The molecule has 2 unspecified atom stereocenters. The first-order valence-corrected chi connectivity index (χ1v) is 14.2. The standard InChI is InChI=1S/C36H38O4/c1-3-5-26-39-34(33(37)28-18-10-7-11-19-28)31-24-16-17-25-32(31)36(40-27-6-4-2,30-22-14-9-15-23-30)35(38)29-20-12-8-13-21-29/h7-25,34H,3-6,26-27H2,1-2H3. The summed E-state index contributed by atoms with van der Waals surface area (Å²) in [6.45, 7) is 4.99. The fourth-order valence-corrected chi connectivity index (χ4v) is 4.92. The van der Waals surface area contributed by atoms with Crippen LogP contribution in [0.2, 0.25) is 0 Å². The molecular weight excluding hydrogens is 496 g/mol. The van der Waals surface area contributed by atoms with Gasteiger partial charge in [-0.15, -0.1) is 0 Å². The molecule has 0 aliphatic carbocycles. The Labute approximate surface area is 238 Å². The molecule has 4 nitrogen and oxygen atoms in total. The van der Waals surface area contributed by atoms with E-state index < -0.39 is 11.7 Å². The van der Waals surface area contributed by atoms with E-state index >= 15 is 0 Å². The van der Waals surface area contributed by atoms with Crippen LogP contribution in [-0.2, 0) is 15.1 Å². The van der Waals surface area contributed by atoms with E-state index in [1.807, 2.05) is 103 Å². The highest BCUT2D eigenvalue weighted by Gasteiger charge is 2.46. The van der Waals surface area contributed by atoms with Crippen LogP contribution in [0.15, 0.2) is 115 Å². The van der Waals surface area contributed by atoms with Crippen molar-refractivity contribution in [1.82, 2.24) is 0 Å². The zero-order valence-corrected chi connectivity index (χ0v) is 23.4. The second-order valence-corrected chi connectivity index (χ2v) is 9.87. The summed E-state index contributed by atoms with van der Waals surface area (Å²) in [5.74, 6) is -0.325. The number of carbonyl (C=O) groups is 2. The van der Waals surface area contributed by atoms with Crippen molar-refractivity contribution in [3.05, 3.63) is 143 Å². The van der Waals surface area contributed by atoms with E-state index in [0.29, 0.717) is 41.0 Å². The number of Topliss-reactive ketones (excluding diaryl/α,β-unsaturated/α-hetero) is 2. The molecule has 0 spiro atoms. The van der Waals surface area contributed by atoms with Crippen LogP contribution in [0.3, 0.4) is 0 Å². The number of carbonyl (C=O) groups excluding carboxylic acids is 2. The summed E-state index contributed by atoms with van der Waals surface area (Å²) in [5, 5.41) is 0. The zero-order chi connectivity index (χ0) is 28.2. The smallest absolute Gasteiger partial charge is 0.203 e. The predicted molar refractivity (Wildman–Crippen MR) is 160 cm³/mol. The molecule has 0 N–H and O–H groups in total. The molecule has 0 aromatic heterocycles. The number of ether oxygens (including phenoxy) is 2. The van der Waals surface area contributed by atoms with Gasteiger partial charge < -0.3 is 9.47 Å². The van der Waals surface area contributed by atoms with Crippen LogP contribution in [0.1, 0.15) is 83.0 Å². The van der Waals surface area contributed by atoms with Crippen molar-refractivity contribution in [2.75, 3.05) is 13.2 Å². The van der Waals surface area contributed by atoms with E-state index in [2.05, 4.69) is 13.8 Å². The van der Waals surface area contributed by atoms with Crippen LogP contribution in [0.25, 0.3) is 0 Å². The molecule has 206 valence electrons. The summed E-state index contributed by atoms with van der Waals surface area (Å²) in [6.07, 6.45) is 2.57. The molecule has 0 amide bonds. The van der Waals surface area contributed by atoms with E-state index in [1.54, 1.807) is 12.1 Å². The number of rotatable bonds is 15. The molecule has 0 saturated carbocycles. The Morgan fingerprint density at radius 1 is 0.650 bits per heavy atom. The third-order valence-electron chi connectivity index (χ3n) is 7.05. The molecule has 0 heterocycles. The Bertz CT molecular complexity index is 1350. The lowest BCUT2D eigenvalue weighted by Gasteiger charge is -2.36. The van der Waals surface area contributed by atoms with Crippen LogP contribution < -0.4 is 0 Å².